The Morgan fingerprint density at radius 3 is 2.36 bits per heavy atom. The first-order valence-electron chi connectivity index (χ1n) is 11.8. The number of carbonyl (C=O) groups is 4. The van der Waals surface area contributed by atoms with Crippen molar-refractivity contribution in [1.29, 1.82) is 0 Å². The predicted octanol–water partition coefficient (Wildman–Crippen LogP) is 0.371. The molecule has 0 spiro atoms. The molecule has 13 heteroatoms. The molecule has 6 N–H and O–H groups in total. The Labute approximate surface area is 222 Å². The van der Waals surface area contributed by atoms with E-state index < -0.39 is 23.8 Å². The van der Waals surface area contributed by atoms with Gasteiger partial charge in [0.15, 0.2) is 24.2 Å². The maximum atomic E-state index is 12.8. The first-order chi connectivity index (χ1) is 18.9. The predicted molar refractivity (Wildman–Crippen MR) is 136 cm³/mol. The molecule has 13 nitrogen and oxygen atoms in total. The fourth-order valence-corrected chi connectivity index (χ4v) is 3.63. The zero-order chi connectivity index (χ0) is 27.8. The Morgan fingerprint density at radius 2 is 1.69 bits per heavy atom. The molecule has 202 valence electrons. The van der Waals surface area contributed by atoms with Crippen molar-refractivity contribution in [2.75, 3.05) is 25.1 Å². The van der Waals surface area contributed by atoms with E-state index in [9.17, 15) is 19.2 Å². The maximum absolute atomic E-state index is 12.8. The van der Waals surface area contributed by atoms with Crippen LogP contribution in [0, 0.1) is 0 Å². The van der Waals surface area contributed by atoms with E-state index in [1.54, 1.807) is 36.4 Å². The first kappa shape index (κ1) is 27.0. The van der Waals surface area contributed by atoms with E-state index in [1.807, 2.05) is 12.1 Å². The van der Waals surface area contributed by atoms with Crippen LogP contribution in [0.15, 0.2) is 60.7 Å². The van der Waals surface area contributed by atoms with E-state index in [2.05, 4.69) is 20.9 Å². The van der Waals surface area contributed by atoms with E-state index in [-0.39, 0.29) is 43.7 Å². The number of nitrogens with one attached hydrogen (secondary N) is 4. The standard InChI is InChI=1S/C26H25N5O8/c32-11-12-38-19-8-5-16(6-9-19)15-1-3-17(4-2-15)24(34)30-22(26(36)31-37)25(35)27-13-18-7-10-20-23(28-18)29-21(33)14-39-20/h1-10,22,32,37H,11-14H2,(H,27,35)(H,30,34)(H,31,36)(H,28,29,33). The third-order valence-electron chi connectivity index (χ3n) is 5.58. The fourth-order valence-electron chi connectivity index (χ4n) is 3.63. The highest BCUT2D eigenvalue weighted by molar-refractivity contribution is 6.08. The number of ether oxygens (including phenoxy) is 2. The van der Waals surface area contributed by atoms with Crippen LogP contribution >= 0.6 is 0 Å². The Kier molecular flexibility index (Phi) is 8.66. The normalized spacial score (nSPS) is 12.7. The average molecular weight is 536 g/mol. The number of carbonyl (C=O) groups excluding carboxylic acids is 4. The van der Waals surface area contributed by atoms with Gasteiger partial charge in [0.2, 0.25) is 0 Å². The molecule has 1 aliphatic heterocycles. The molecule has 0 radical (unpaired) electrons. The lowest BCUT2D eigenvalue weighted by atomic mass is 10.0. The van der Waals surface area contributed by atoms with Crippen LogP contribution in [-0.4, -0.2) is 64.8 Å². The number of aromatic nitrogens is 1. The topological polar surface area (TPSA) is 188 Å². The number of aliphatic hydroxyl groups excluding tert-OH is 1. The summed E-state index contributed by atoms with van der Waals surface area (Å²) in [6, 6.07) is 15.0. The smallest absolute Gasteiger partial charge is 0.275 e. The van der Waals surface area contributed by atoms with Crippen LogP contribution in [0.4, 0.5) is 5.82 Å². The second kappa shape index (κ2) is 12.5. The van der Waals surface area contributed by atoms with Crippen molar-refractivity contribution in [1.82, 2.24) is 21.1 Å². The number of pyridine rings is 1. The number of fused-ring (bicyclic) bond motifs is 1. The third-order valence-corrected chi connectivity index (χ3v) is 5.58. The highest BCUT2D eigenvalue weighted by Gasteiger charge is 2.29. The summed E-state index contributed by atoms with van der Waals surface area (Å²) in [5, 5.41) is 25.3. The molecule has 3 aromatic rings. The van der Waals surface area contributed by atoms with Crippen molar-refractivity contribution in [3.8, 4) is 22.6 Å². The van der Waals surface area contributed by atoms with E-state index in [4.69, 9.17) is 19.8 Å². The number of hydroxylamine groups is 1. The van der Waals surface area contributed by atoms with E-state index in [1.165, 1.54) is 17.6 Å². The van der Waals surface area contributed by atoms with E-state index in [0.29, 0.717) is 17.2 Å². The summed E-state index contributed by atoms with van der Waals surface area (Å²) in [6.07, 6.45) is 0. The monoisotopic (exact) mass is 535 g/mol. The third kappa shape index (κ3) is 6.85. The number of hydrogen-bond acceptors (Lipinski definition) is 9. The number of anilines is 1. The summed E-state index contributed by atoms with van der Waals surface area (Å²) >= 11 is 0. The van der Waals surface area contributed by atoms with Gasteiger partial charge in [0.25, 0.3) is 23.6 Å². The van der Waals surface area contributed by atoms with Gasteiger partial charge in [-0.3, -0.25) is 24.4 Å². The summed E-state index contributed by atoms with van der Waals surface area (Å²) < 4.78 is 10.6. The summed E-state index contributed by atoms with van der Waals surface area (Å²) in [7, 11) is 0. The van der Waals surface area contributed by atoms with Gasteiger partial charge < -0.3 is 30.5 Å². The molecular formula is C26H25N5O8. The molecule has 0 saturated carbocycles. The van der Waals surface area contributed by atoms with Gasteiger partial charge in [0, 0.05) is 5.56 Å². The molecule has 0 bridgehead atoms. The fraction of sp³-hybridized carbons (Fsp3) is 0.192. The van der Waals surface area contributed by atoms with E-state index >= 15 is 0 Å². The van der Waals surface area contributed by atoms with Crippen molar-refractivity contribution in [3.63, 3.8) is 0 Å². The lowest BCUT2D eigenvalue weighted by molar-refractivity contribution is -0.137. The molecule has 1 aliphatic rings. The van der Waals surface area contributed by atoms with Gasteiger partial charge in [0.05, 0.1) is 18.8 Å². The lowest BCUT2D eigenvalue weighted by Gasteiger charge is -2.18. The quantitative estimate of drug-likeness (QED) is 0.121. The second-order valence-electron chi connectivity index (χ2n) is 8.26. The van der Waals surface area contributed by atoms with Crippen LogP contribution in [0.5, 0.6) is 11.5 Å². The van der Waals surface area contributed by atoms with Crippen LogP contribution in [0.1, 0.15) is 16.1 Å². The molecule has 39 heavy (non-hydrogen) atoms. The number of nitrogens with zero attached hydrogens (tertiary/aromatic N) is 1. The Morgan fingerprint density at radius 1 is 1.00 bits per heavy atom. The van der Waals surface area contributed by atoms with Crippen molar-refractivity contribution >= 4 is 29.4 Å². The van der Waals surface area contributed by atoms with Gasteiger partial charge in [-0.05, 0) is 47.5 Å². The van der Waals surface area contributed by atoms with Gasteiger partial charge in [-0.2, -0.15) is 0 Å². The van der Waals surface area contributed by atoms with Gasteiger partial charge in [-0.25, -0.2) is 10.5 Å². The van der Waals surface area contributed by atoms with Crippen molar-refractivity contribution in [2.45, 2.75) is 12.6 Å². The molecule has 1 unspecified atom stereocenters. The van der Waals surface area contributed by atoms with Gasteiger partial charge >= 0.3 is 0 Å². The minimum absolute atomic E-state index is 0.0870. The Hall–Kier alpha value is -5.01. The van der Waals surface area contributed by atoms with Crippen LogP contribution < -0.4 is 30.9 Å². The number of amides is 4. The maximum Gasteiger partial charge on any atom is 0.275 e. The molecule has 4 amide bonds. The lowest BCUT2D eigenvalue weighted by Crippen LogP contribution is -2.54. The van der Waals surface area contributed by atoms with Crippen LogP contribution in [0.25, 0.3) is 11.1 Å². The molecule has 2 aromatic carbocycles. The largest absolute Gasteiger partial charge is 0.491 e. The van der Waals surface area contributed by atoms with Gasteiger partial charge in [0.1, 0.15) is 12.4 Å². The first-order valence-corrected chi connectivity index (χ1v) is 11.8. The summed E-state index contributed by atoms with van der Waals surface area (Å²) in [4.78, 5) is 53.3. The zero-order valence-electron chi connectivity index (χ0n) is 20.5. The molecule has 0 fully saturated rings. The number of benzene rings is 2. The van der Waals surface area contributed by atoms with Crippen molar-refractivity contribution < 1.29 is 39.0 Å². The second-order valence-corrected chi connectivity index (χ2v) is 8.26. The molecule has 2 heterocycles. The zero-order valence-corrected chi connectivity index (χ0v) is 20.5. The molecule has 0 aliphatic carbocycles. The van der Waals surface area contributed by atoms with Crippen molar-refractivity contribution in [2.24, 2.45) is 0 Å². The SMILES string of the molecule is O=C1COc2ccc(CNC(=O)C(NC(=O)c3ccc(-c4ccc(OCCO)cc4)cc3)C(=O)NO)nc2N1. The van der Waals surface area contributed by atoms with Crippen LogP contribution in [0.2, 0.25) is 0 Å². The summed E-state index contributed by atoms with van der Waals surface area (Å²) in [6.45, 7) is -0.155. The summed E-state index contributed by atoms with van der Waals surface area (Å²) in [5.74, 6) is -1.93. The molecule has 0 saturated heterocycles. The average Bonchev–Trinajstić information content (AvgIpc) is 2.97. The van der Waals surface area contributed by atoms with Gasteiger partial charge in [-0.1, -0.05) is 24.3 Å². The summed E-state index contributed by atoms with van der Waals surface area (Å²) in [5.41, 5.74) is 3.57. The highest BCUT2D eigenvalue weighted by Crippen LogP contribution is 2.25. The minimum atomic E-state index is -1.74. The van der Waals surface area contributed by atoms with Gasteiger partial charge in [-0.15, -0.1) is 0 Å². The molecule has 4 rings (SSSR count). The minimum Gasteiger partial charge on any atom is -0.491 e. The molecule has 1 atom stereocenters. The number of rotatable bonds is 10. The van der Waals surface area contributed by atoms with E-state index in [0.717, 1.165) is 11.1 Å². The number of aliphatic hydroxyl groups is 1. The van der Waals surface area contributed by atoms with Crippen molar-refractivity contribution in [3.05, 3.63) is 71.9 Å². The highest BCUT2D eigenvalue weighted by atomic mass is 16.5. The van der Waals surface area contributed by atoms with Crippen LogP contribution in [0.3, 0.4) is 0 Å². The Bertz CT molecular complexity index is 1360. The Balaban J connectivity index is 1.38. The van der Waals surface area contributed by atoms with Crippen LogP contribution in [-0.2, 0) is 20.9 Å². The molecular weight excluding hydrogens is 510 g/mol. The number of hydrogen-bond donors (Lipinski definition) is 6. The molecule has 1 aromatic heterocycles.